The highest BCUT2D eigenvalue weighted by molar-refractivity contribution is 7.81. The van der Waals surface area contributed by atoms with Crippen LogP contribution in [0.1, 0.15) is 17.0 Å². The lowest BCUT2D eigenvalue weighted by Gasteiger charge is -2.04. The summed E-state index contributed by atoms with van der Waals surface area (Å²) in [5, 5.41) is 0. The van der Waals surface area contributed by atoms with Crippen LogP contribution in [0, 0.1) is 11.7 Å². The molecule has 0 aliphatic carbocycles. The summed E-state index contributed by atoms with van der Waals surface area (Å²) in [7, 11) is 1.64. The van der Waals surface area contributed by atoms with Crippen molar-refractivity contribution in [2.24, 2.45) is 0 Å². The molecule has 0 aliphatic rings. The SMILES string of the molecule is COc1ccc(C(=S)c2[nH]c(=S)[nH]c2C)cc1. The number of thiocarbonyl (C=S) groups is 1. The first kappa shape index (κ1) is 12.0. The van der Waals surface area contributed by atoms with Gasteiger partial charge in [0.25, 0.3) is 0 Å². The lowest BCUT2D eigenvalue weighted by molar-refractivity contribution is 0.415. The summed E-state index contributed by atoms with van der Waals surface area (Å²) in [5.41, 5.74) is 2.79. The van der Waals surface area contributed by atoms with Gasteiger partial charge in [0.1, 0.15) is 5.75 Å². The Kier molecular flexibility index (Phi) is 3.40. The minimum absolute atomic E-state index is 0.591. The van der Waals surface area contributed by atoms with Gasteiger partial charge in [0, 0.05) is 5.69 Å². The van der Waals surface area contributed by atoms with Gasteiger partial charge < -0.3 is 14.7 Å². The largest absolute Gasteiger partial charge is 0.497 e. The zero-order valence-corrected chi connectivity index (χ0v) is 11.2. The number of aromatic amines is 2. The van der Waals surface area contributed by atoms with E-state index in [4.69, 9.17) is 29.2 Å². The molecule has 0 amide bonds. The van der Waals surface area contributed by atoms with Crippen LogP contribution in [0.15, 0.2) is 24.3 Å². The lowest BCUT2D eigenvalue weighted by atomic mass is 10.1. The predicted octanol–water partition coefficient (Wildman–Crippen LogP) is 3.16. The number of rotatable bonds is 3. The maximum atomic E-state index is 5.43. The van der Waals surface area contributed by atoms with Gasteiger partial charge >= 0.3 is 0 Å². The third kappa shape index (κ3) is 2.45. The first-order chi connectivity index (χ1) is 8.11. The molecule has 1 aromatic carbocycles. The second-order valence-electron chi connectivity index (χ2n) is 3.64. The monoisotopic (exact) mass is 264 g/mol. The minimum atomic E-state index is 0.591. The number of imidazole rings is 1. The van der Waals surface area contributed by atoms with Crippen LogP contribution in [-0.2, 0) is 0 Å². The van der Waals surface area contributed by atoms with Crippen molar-refractivity contribution in [3.8, 4) is 5.75 Å². The molecule has 17 heavy (non-hydrogen) atoms. The van der Waals surface area contributed by atoms with Crippen molar-refractivity contribution in [1.82, 2.24) is 9.97 Å². The summed E-state index contributed by atoms with van der Waals surface area (Å²) >= 11 is 10.5. The second-order valence-corrected chi connectivity index (χ2v) is 4.45. The number of methoxy groups -OCH3 is 1. The van der Waals surface area contributed by atoms with Crippen LogP contribution in [0.3, 0.4) is 0 Å². The van der Waals surface area contributed by atoms with E-state index in [0.717, 1.165) is 27.6 Å². The number of H-pyrrole nitrogens is 2. The molecule has 0 fully saturated rings. The Morgan fingerprint density at radius 2 is 1.82 bits per heavy atom. The van der Waals surface area contributed by atoms with Gasteiger partial charge in [-0.3, -0.25) is 0 Å². The van der Waals surface area contributed by atoms with Crippen LogP contribution in [0.25, 0.3) is 0 Å². The molecule has 0 spiro atoms. The highest BCUT2D eigenvalue weighted by Gasteiger charge is 2.09. The van der Waals surface area contributed by atoms with E-state index in [2.05, 4.69) is 9.97 Å². The molecule has 88 valence electrons. The average Bonchev–Trinajstić information content (AvgIpc) is 2.68. The first-order valence-corrected chi connectivity index (χ1v) is 5.91. The standard InChI is InChI=1S/C12H12N2OS2/c1-7-10(14-12(17)13-7)11(16)8-3-5-9(15-2)6-4-8/h3-6H,1-2H3,(H2,13,14,17). The third-order valence-electron chi connectivity index (χ3n) is 2.49. The molecule has 2 aromatic rings. The molecule has 0 unspecified atom stereocenters. The van der Waals surface area contributed by atoms with Crippen molar-refractivity contribution in [3.63, 3.8) is 0 Å². The molecular formula is C12H12N2OS2. The van der Waals surface area contributed by atoms with Crippen LogP contribution in [0.5, 0.6) is 5.75 Å². The fourth-order valence-corrected chi connectivity index (χ4v) is 2.18. The van der Waals surface area contributed by atoms with Crippen molar-refractivity contribution in [3.05, 3.63) is 46.0 Å². The third-order valence-corrected chi connectivity index (χ3v) is 3.14. The van der Waals surface area contributed by atoms with Crippen LogP contribution in [0.2, 0.25) is 0 Å². The number of nitrogens with one attached hydrogen (secondary N) is 2. The number of ether oxygens (including phenoxy) is 1. The molecule has 0 saturated carbocycles. The van der Waals surface area contributed by atoms with E-state index in [1.165, 1.54) is 0 Å². The molecule has 2 N–H and O–H groups in total. The van der Waals surface area contributed by atoms with E-state index in [1.54, 1.807) is 7.11 Å². The number of benzene rings is 1. The van der Waals surface area contributed by atoms with Crippen LogP contribution in [-0.4, -0.2) is 21.9 Å². The fourth-order valence-electron chi connectivity index (χ4n) is 1.59. The van der Waals surface area contributed by atoms with Gasteiger partial charge in [-0.05, 0) is 49.0 Å². The number of hydrogen-bond donors (Lipinski definition) is 2. The van der Waals surface area contributed by atoms with Crippen molar-refractivity contribution < 1.29 is 4.74 Å². The molecule has 0 aliphatic heterocycles. The molecule has 0 atom stereocenters. The summed E-state index contributed by atoms with van der Waals surface area (Å²) in [4.78, 5) is 6.83. The van der Waals surface area contributed by atoms with Crippen molar-refractivity contribution in [2.75, 3.05) is 7.11 Å². The Balaban J connectivity index is 2.36. The lowest BCUT2D eigenvalue weighted by Crippen LogP contribution is -2.02. The Morgan fingerprint density at radius 3 is 2.29 bits per heavy atom. The summed E-state index contributed by atoms with van der Waals surface area (Å²) < 4.78 is 5.70. The van der Waals surface area contributed by atoms with Gasteiger partial charge in [-0.15, -0.1) is 0 Å². The molecule has 0 saturated heterocycles. The Hall–Kier alpha value is -1.46. The topological polar surface area (TPSA) is 40.8 Å². The first-order valence-electron chi connectivity index (χ1n) is 5.09. The normalized spacial score (nSPS) is 10.2. The Morgan fingerprint density at radius 1 is 1.18 bits per heavy atom. The molecule has 0 bridgehead atoms. The van der Waals surface area contributed by atoms with E-state index >= 15 is 0 Å². The highest BCUT2D eigenvalue weighted by Crippen LogP contribution is 2.16. The van der Waals surface area contributed by atoms with E-state index in [-0.39, 0.29) is 0 Å². The van der Waals surface area contributed by atoms with E-state index < -0.39 is 0 Å². The molecule has 1 heterocycles. The molecule has 2 rings (SSSR count). The minimum Gasteiger partial charge on any atom is -0.497 e. The second kappa shape index (κ2) is 4.81. The van der Waals surface area contributed by atoms with Crippen molar-refractivity contribution in [1.29, 1.82) is 0 Å². The van der Waals surface area contributed by atoms with E-state index in [9.17, 15) is 0 Å². The molecule has 5 heteroatoms. The van der Waals surface area contributed by atoms with Crippen LogP contribution >= 0.6 is 24.4 Å². The van der Waals surface area contributed by atoms with Gasteiger partial charge in [0.15, 0.2) is 4.77 Å². The average molecular weight is 264 g/mol. The predicted molar refractivity (Wildman–Crippen MR) is 74.5 cm³/mol. The quantitative estimate of drug-likeness (QED) is 0.661. The van der Waals surface area contributed by atoms with Gasteiger partial charge in [-0.25, -0.2) is 0 Å². The summed E-state index contributed by atoms with van der Waals surface area (Å²) in [6.45, 7) is 1.94. The van der Waals surface area contributed by atoms with Gasteiger partial charge in [-0.2, -0.15) is 0 Å². The number of aryl methyl sites for hydroxylation is 1. The van der Waals surface area contributed by atoms with E-state index in [1.807, 2.05) is 31.2 Å². The van der Waals surface area contributed by atoms with Gasteiger partial charge in [-0.1, -0.05) is 12.2 Å². The zero-order chi connectivity index (χ0) is 12.4. The molecule has 3 nitrogen and oxygen atoms in total. The van der Waals surface area contributed by atoms with E-state index in [0.29, 0.717) is 4.77 Å². The molecule has 1 aromatic heterocycles. The maximum Gasteiger partial charge on any atom is 0.175 e. The van der Waals surface area contributed by atoms with Crippen molar-refractivity contribution >= 4 is 29.3 Å². The highest BCUT2D eigenvalue weighted by atomic mass is 32.1. The Labute approximate surface area is 110 Å². The van der Waals surface area contributed by atoms with Crippen molar-refractivity contribution in [2.45, 2.75) is 6.92 Å². The summed E-state index contributed by atoms with van der Waals surface area (Å²) in [5.74, 6) is 0.815. The zero-order valence-electron chi connectivity index (χ0n) is 9.53. The number of aromatic nitrogens is 2. The molecular weight excluding hydrogens is 252 g/mol. The summed E-state index contributed by atoms with van der Waals surface area (Å²) in [6.07, 6.45) is 0. The smallest absolute Gasteiger partial charge is 0.175 e. The summed E-state index contributed by atoms with van der Waals surface area (Å²) in [6, 6.07) is 7.64. The fraction of sp³-hybridized carbons (Fsp3) is 0.167. The van der Waals surface area contributed by atoms with Crippen LogP contribution < -0.4 is 4.74 Å². The van der Waals surface area contributed by atoms with Crippen LogP contribution in [0.4, 0.5) is 0 Å². The molecule has 0 radical (unpaired) electrons. The maximum absolute atomic E-state index is 5.43. The number of hydrogen-bond acceptors (Lipinski definition) is 3. The van der Waals surface area contributed by atoms with Gasteiger partial charge in [0.05, 0.1) is 17.7 Å². The Bertz CT molecular complexity index is 596. The van der Waals surface area contributed by atoms with Gasteiger partial charge in [0.2, 0.25) is 0 Å².